The lowest BCUT2D eigenvalue weighted by molar-refractivity contribution is -0.147. The Hall–Kier alpha value is -2.58. The van der Waals surface area contributed by atoms with Crippen molar-refractivity contribution in [2.45, 2.75) is 193 Å². The number of ether oxygens (including phenoxy) is 6. The van der Waals surface area contributed by atoms with Crippen LogP contribution in [0.3, 0.4) is 0 Å². The molecule has 7 rings (SSSR count). The Morgan fingerprint density at radius 3 is 1.50 bits per heavy atom. The first kappa shape index (κ1) is 138. The van der Waals surface area contributed by atoms with Crippen LogP contribution in [0.5, 0.6) is 0 Å². The van der Waals surface area contributed by atoms with E-state index in [1.165, 1.54) is 149 Å². The van der Waals surface area contributed by atoms with Crippen molar-refractivity contribution in [2.75, 3.05) is 191 Å². The smallest absolute Gasteiger partial charge is 0.397 e. The largest absolute Gasteiger partial charge is 0.465 e. The monoisotopic (exact) mass is 2030 g/mol. The fourth-order valence-electron chi connectivity index (χ4n) is 8.83. The molecule has 3 aromatic carbocycles. The van der Waals surface area contributed by atoms with E-state index in [0.29, 0.717) is 78.3 Å². The maximum Gasteiger partial charge on any atom is 0.397 e. The number of nitrogens with one attached hydrogen (secondary N) is 4. The van der Waals surface area contributed by atoms with Crippen molar-refractivity contribution in [3.8, 4) is 12.3 Å². The minimum Gasteiger partial charge on any atom is -0.465 e. The average Bonchev–Trinajstić information content (AvgIpc) is 1.70. The van der Waals surface area contributed by atoms with Gasteiger partial charge in [0, 0.05) is 78.0 Å². The van der Waals surface area contributed by atoms with Crippen LogP contribution in [0.25, 0.3) is 10.9 Å². The van der Waals surface area contributed by atoms with Gasteiger partial charge >= 0.3 is 36.0 Å². The molecule has 1 aromatic heterocycles. The molecule has 0 radical (unpaired) electrons. The Labute approximate surface area is 810 Å². The molecule has 3 fully saturated rings. The van der Waals surface area contributed by atoms with Crippen LogP contribution in [0.15, 0.2) is 96.0 Å². The number of fused-ring (bicyclic) bond motifs is 1. The van der Waals surface area contributed by atoms with E-state index in [1.807, 2.05) is 132 Å². The minimum absolute atomic E-state index is 0.0182. The number of unbranched alkanes of at least 4 members (excludes halogenated alkanes) is 1. The van der Waals surface area contributed by atoms with Gasteiger partial charge in [0.1, 0.15) is 11.9 Å². The van der Waals surface area contributed by atoms with E-state index in [4.69, 9.17) is 30.1 Å². The third-order valence-corrected chi connectivity index (χ3v) is 23.0. The second-order valence-corrected chi connectivity index (χ2v) is 39.6. The highest BCUT2D eigenvalue weighted by Gasteiger charge is 2.26. The zero-order valence-corrected chi connectivity index (χ0v) is 90.7. The van der Waals surface area contributed by atoms with Crippen molar-refractivity contribution in [2.24, 2.45) is 0 Å². The quantitative estimate of drug-likeness (QED) is 0.0110. The third kappa shape index (κ3) is 114. The number of hydrogen-bond donors (Lipinski definition) is 4. The van der Waals surface area contributed by atoms with Gasteiger partial charge in [-0.3, -0.25) is 33.6 Å². The molecular formula is C89H157F3N4O15S14. The molecule has 4 N–H and O–H groups in total. The Balaban J connectivity index is -0.000000197. The number of hydrogen-bond acceptors (Lipinski definition) is 29. The summed E-state index contributed by atoms with van der Waals surface area (Å²) in [6, 6.07) is 29.7. The molecule has 3 heterocycles. The van der Waals surface area contributed by atoms with Crippen LogP contribution in [0.2, 0.25) is 0 Å². The van der Waals surface area contributed by atoms with Crippen LogP contribution in [0, 0.1) is 12.3 Å². The Kier molecular flexibility index (Phi) is 116. The molecule has 36 heteroatoms. The molecule has 1 aliphatic carbocycles. The molecule has 1 saturated carbocycles. The van der Waals surface area contributed by atoms with Crippen molar-refractivity contribution in [1.29, 1.82) is 0 Å². The number of carbonyl (C=O) groups is 7. The van der Waals surface area contributed by atoms with Gasteiger partial charge in [-0.25, -0.2) is 13.1 Å². The fraction of sp³-hybridized carbons (Fsp3) is 0.674. The van der Waals surface area contributed by atoms with E-state index in [9.17, 15) is 55.2 Å². The van der Waals surface area contributed by atoms with Crippen LogP contribution in [0.1, 0.15) is 151 Å². The second-order valence-electron chi connectivity index (χ2n) is 26.0. The van der Waals surface area contributed by atoms with Crippen molar-refractivity contribution >= 4 is 215 Å². The molecule has 2 aliphatic heterocycles. The van der Waals surface area contributed by atoms with E-state index in [0.717, 1.165) is 87.2 Å². The maximum absolute atomic E-state index is 11.1. The zero-order chi connectivity index (χ0) is 96.6. The standard InChI is InChI=1S/C9H9NS.C9H16O2S.C9H12S.C8H10S.C7H16N2O2S2.C7H14O2S.2C6H12O2S.C5H11NOS.C5H10O2S.C5H10O.C4H8OS.C4H6S.C3H5F3S.C2H6/c1-11-9-6-10-8-5-3-2-4-7(8)9;1-12-7-9(10)11-8-5-3-2-4-6-8;1-10-8-7-9-5-3-2-4-6-9;1-9-7-8-5-3-2-4-6-8;1-12-7-3-6(8-5-7)4-9-13(2,10)11;1-3-4-5-9-7(8)6-10-2;1-5(2)8-6(7)4-9-3;1-3-4-8-6(7)5-9-2;1-5(7)6-3-4-8-2;1-3-7-5(6)4-8-2;1-5-3-2-4-6-5;1-4(5)3-6-2;1-3-4-5-2;1-7-2-3(4,5)6;1-2/h2-6,10H,1H3;8H,2-7H2,1H3;2-6H,7-8H2,1H3;2-6H,7H2,1H3;6-9H,3-5H2,1-2H3;3-6H2,1-2H3;5H,4H2,1-3H3;3-5H2,1-2H3;3-4H2,1-2H3,(H,6,7);3-4H2,1-2H3;5H,2-4H2,1H3;3H2,1-2H3;1H,4H2,2H3;2H2,1H3;1-2H3/t;;;;6-,7-;;;;;;5-;;;;/m....0.....0..../s1. The van der Waals surface area contributed by atoms with Gasteiger partial charge in [-0.05, 0) is 203 Å². The van der Waals surface area contributed by atoms with E-state index in [1.54, 1.807) is 60.9 Å². The average molecular weight is 2030 g/mol. The first-order valence-corrected chi connectivity index (χ1v) is 60.8. The number of H-pyrrole nitrogens is 1. The molecule has 0 bridgehead atoms. The first-order chi connectivity index (χ1) is 59.6. The zero-order valence-electron chi connectivity index (χ0n) is 79.3. The molecule has 125 heavy (non-hydrogen) atoms. The summed E-state index contributed by atoms with van der Waals surface area (Å²) < 4.78 is 86.7. The van der Waals surface area contributed by atoms with Crippen LogP contribution in [0.4, 0.5) is 13.2 Å². The van der Waals surface area contributed by atoms with Crippen molar-refractivity contribution in [3.63, 3.8) is 0 Å². The number of sulfonamides is 1. The van der Waals surface area contributed by atoms with Crippen molar-refractivity contribution in [3.05, 3.63) is 102 Å². The van der Waals surface area contributed by atoms with Gasteiger partial charge in [0.25, 0.3) is 0 Å². The second kappa shape index (κ2) is 105. The summed E-state index contributed by atoms with van der Waals surface area (Å²) in [5.74, 6) is 8.75. The van der Waals surface area contributed by atoms with Crippen LogP contribution in [-0.4, -0.2) is 282 Å². The Bertz CT molecular complexity index is 3220. The lowest BCUT2D eigenvalue weighted by Gasteiger charge is -2.21. The van der Waals surface area contributed by atoms with E-state index in [2.05, 4.69) is 149 Å². The number of carbonyl (C=O) groups excluding carboxylic acids is 7. The van der Waals surface area contributed by atoms with Crippen molar-refractivity contribution in [1.82, 2.24) is 20.3 Å². The third-order valence-electron chi connectivity index (χ3n) is 14.3. The highest BCUT2D eigenvalue weighted by Crippen LogP contribution is 2.26. The minimum atomic E-state index is -3.99. The van der Waals surface area contributed by atoms with Gasteiger partial charge < -0.3 is 44.0 Å². The number of esters is 5. The number of thioether (sulfide) groups is 13. The van der Waals surface area contributed by atoms with E-state index < -0.39 is 22.0 Å². The molecule has 19 nitrogen and oxygen atoms in total. The van der Waals surface area contributed by atoms with E-state index in [-0.39, 0.29) is 53.7 Å². The van der Waals surface area contributed by atoms with Crippen LogP contribution >= 0.6 is 153 Å². The molecular weight excluding hydrogens is 1870 g/mol. The highest BCUT2D eigenvalue weighted by molar-refractivity contribution is 8.01. The number of alkyl halides is 3. The SMILES string of the molecule is C#CCSC.CC.CCCCOC(=O)CSC.CCCOC(=O)CSC.CCOC(=O)CSC.CSCC(=O)OC(C)C.CSCC(=O)OC1CCCCC1.CSCC(C)=O.CSCC(F)(F)F.CSCCNC(C)=O.CSCCc1ccccc1.CSCc1ccccc1.CS[C@@H]1CN[C@H](CNS(C)(=O)=O)C1.CSc1c[nH]c2ccccc12.C[C@H]1CCCO1. The Morgan fingerprint density at radius 1 is 0.608 bits per heavy atom. The summed E-state index contributed by atoms with van der Waals surface area (Å²) in [5.41, 5.74) is 4.07. The topological polar surface area (TPSA) is 261 Å². The van der Waals surface area contributed by atoms with Crippen molar-refractivity contribution < 1.29 is 83.6 Å². The number of aromatic nitrogens is 1. The number of aryl methyl sites for hydroxylation is 1. The molecule has 0 spiro atoms. The van der Waals surface area contributed by atoms with Crippen LogP contribution < -0.4 is 15.4 Å². The van der Waals surface area contributed by atoms with Gasteiger partial charge in [-0.1, -0.05) is 125 Å². The molecule has 0 unspecified atom stereocenters. The van der Waals surface area contributed by atoms with E-state index >= 15 is 0 Å². The molecule has 728 valence electrons. The lowest BCUT2D eigenvalue weighted by Crippen LogP contribution is -2.36. The summed E-state index contributed by atoms with van der Waals surface area (Å²) in [5, 5.41) is 7.92. The first-order valence-electron chi connectivity index (χ1n) is 41.1. The summed E-state index contributed by atoms with van der Waals surface area (Å²) in [4.78, 5) is 78.1. The van der Waals surface area contributed by atoms with Gasteiger partial charge in [-0.15, -0.1) is 18.2 Å². The number of para-hydroxylation sites is 1. The van der Waals surface area contributed by atoms with Gasteiger partial charge in [-0.2, -0.15) is 154 Å². The molecule has 1 amide bonds. The maximum atomic E-state index is 11.1. The highest BCUT2D eigenvalue weighted by atomic mass is 32.2. The number of halogens is 3. The summed E-state index contributed by atoms with van der Waals surface area (Å²) in [6.07, 6.45) is 43.7. The molecule has 2 saturated heterocycles. The van der Waals surface area contributed by atoms with Gasteiger partial charge in [0.05, 0.1) is 84.3 Å². The number of rotatable bonds is 35. The van der Waals surface area contributed by atoms with Gasteiger partial charge in [0.2, 0.25) is 15.9 Å². The lowest BCUT2D eigenvalue weighted by atomic mass is 9.98. The number of benzene rings is 3. The predicted molar refractivity (Wildman–Crippen MR) is 562 cm³/mol. The summed E-state index contributed by atoms with van der Waals surface area (Å²) >= 11 is 20.5. The molecule has 4 aromatic rings. The van der Waals surface area contributed by atoms with Gasteiger partial charge in [0.15, 0.2) is 0 Å². The van der Waals surface area contributed by atoms with Crippen LogP contribution in [-0.2, 0) is 84.2 Å². The number of ketones is 1. The molecule has 3 atom stereocenters. The number of aromatic amines is 1. The summed E-state index contributed by atoms with van der Waals surface area (Å²) in [7, 11) is -3.03. The number of Topliss-reactive ketones (excluding diaryl/α,β-unsaturated/α-hetero) is 1. The Morgan fingerprint density at radius 2 is 1.12 bits per heavy atom. The fourth-order valence-corrected chi connectivity index (χ4v) is 14.3. The summed E-state index contributed by atoms with van der Waals surface area (Å²) in [6.45, 7) is 23.7. The normalized spacial score (nSPS) is 13.5. The number of amides is 1. The predicted octanol–water partition coefficient (Wildman–Crippen LogP) is 21.6. The molecule has 3 aliphatic rings. The number of terminal acetylenes is 1.